The Bertz CT molecular complexity index is 1790. The van der Waals surface area contributed by atoms with Gasteiger partial charge >= 0.3 is 0 Å². The maximum atomic E-state index is 6.86. The number of rotatable bonds is 2. The van der Waals surface area contributed by atoms with E-state index in [1.54, 1.807) is 0 Å². The molecule has 6 aromatic rings. The zero-order valence-corrected chi connectivity index (χ0v) is 20.4. The van der Waals surface area contributed by atoms with Crippen LogP contribution in [0, 0.1) is 0 Å². The smallest absolute Gasteiger partial charge is 0.136 e. The van der Waals surface area contributed by atoms with Crippen LogP contribution < -0.4 is 0 Å². The Kier molecular flexibility index (Phi) is 4.31. The van der Waals surface area contributed by atoms with Crippen LogP contribution in [-0.2, 0) is 5.41 Å². The van der Waals surface area contributed by atoms with Crippen molar-refractivity contribution in [3.63, 3.8) is 0 Å². The topological polar surface area (TPSA) is 13.1 Å². The largest absolute Gasteiger partial charge is 0.456 e. The second-order valence-corrected chi connectivity index (χ2v) is 10.3. The highest BCUT2D eigenvalue weighted by Crippen LogP contribution is 2.50. The quantitative estimate of drug-likeness (QED) is 0.245. The number of halogens is 1. The van der Waals surface area contributed by atoms with Crippen LogP contribution in [0.4, 0.5) is 0 Å². The van der Waals surface area contributed by atoms with Gasteiger partial charge in [-0.15, -0.1) is 0 Å². The van der Waals surface area contributed by atoms with Crippen LogP contribution in [0.3, 0.4) is 0 Å². The molecule has 1 aliphatic rings. The fraction of sp³-hybridized carbons (Fsp3) is 0.0909. The average Bonchev–Trinajstić information content (AvgIpc) is 3.36. The lowest BCUT2D eigenvalue weighted by Gasteiger charge is -2.22. The van der Waals surface area contributed by atoms with Crippen LogP contribution >= 0.6 is 11.6 Å². The predicted octanol–water partition coefficient (Wildman–Crippen LogP) is 9.88. The zero-order valence-electron chi connectivity index (χ0n) is 19.6. The summed E-state index contributed by atoms with van der Waals surface area (Å²) in [5.74, 6) is 0. The molecule has 0 bridgehead atoms. The number of hydrogen-bond donors (Lipinski definition) is 0. The standard InChI is InChI=1S/C33H23ClO/c1-33(2)27-11-5-3-8-23(27)24-16-14-20(18-28(24)33)22-10-7-12-29(34)32(22)21-15-17-26-25-9-4-6-13-30(25)35-31(26)19-21/h3-19H,1-2H3. The van der Waals surface area contributed by atoms with E-state index < -0.39 is 0 Å². The fourth-order valence-corrected chi connectivity index (χ4v) is 6.09. The number of para-hydroxylation sites is 1. The molecule has 0 N–H and O–H groups in total. The van der Waals surface area contributed by atoms with Crippen molar-refractivity contribution in [2.24, 2.45) is 0 Å². The highest BCUT2D eigenvalue weighted by atomic mass is 35.5. The molecular weight excluding hydrogens is 448 g/mol. The third-order valence-corrected chi connectivity index (χ3v) is 7.89. The van der Waals surface area contributed by atoms with E-state index in [0.29, 0.717) is 0 Å². The molecule has 168 valence electrons. The lowest BCUT2D eigenvalue weighted by molar-refractivity contribution is 0.660. The molecule has 0 unspecified atom stereocenters. The normalized spacial score (nSPS) is 13.8. The molecule has 5 aromatic carbocycles. The molecule has 0 atom stereocenters. The van der Waals surface area contributed by atoms with Crippen LogP contribution in [0.15, 0.2) is 108 Å². The van der Waals surface area contributed by atoms with Crippen molar-refractivity contribution in [3.8, 4) is 33.4 Å². The van der Waals surface area contributed by atoms with E-state index in [4.69, 9.17) is 16.0 Å². The van der Waals surface area contributed by atoms with E-state index in [1.165, 1.54) is 27.8 Å². The van der Waals surface area contributed by atoms with Gasteiger partial charge in [-0.2, -0.15) is 0 Å². The first kappa shape index (κ1) is 20.6. The van der Waals surface area contributed by atoms with Crippen LogP contribution in [0.2, 0.25) is 5.02 Å². The second-order valence-electron chi connectivity index (χ2n) is 9.90. The van der Waals surface area contributed by atoms with E-state index in [-0.39, 0.29) is 5.41 Å². The molecule has 1 nitrogen and oxygen atoms in total. The lowest BCUT2D eigenvalue weighted by atomic mass is 9.81. The first-order chi connectivity index (χ1) is 17.0. The van der Waals surface area contributed by atoms with Gasteiger partial charge in [-0.05, 0) is 69.3 Å². The van der Waals surface area contributed by atoms with Crippen LogP contribution in [0.1, 0.15) is 25.0 Å². The molecule has 1 aliphatic carbocycles. The maximum Gasteiger partial charge on any atom is 0.136 e. The molecular formula is C33H23ClO. The Balaban J connectivity index is 1.42. The van der Waals surface area contributed by atoms with Crippen molar-refractivity contribution in [2.45, 2.75) is 19.3 Å². The Labute approximate surface area is 209 Å². The average molecular weight is 471 g/mol. The highest BCUT2D eigenvalue weighted by molar-refractivity contribution is 6.34. The highest BCUT2D eigenvalue weighted by Gasteiger charge is 2.35. The van der Waals surface area contributed by atoms with Gasteiger partial charge in [0.25, 0.3) is 0 Å². The molecule has 2 heteroatoms. The van der Waals surface area contributed by atoms with Gasteiger partial charge < -0.3 is 4.42 Å². The monoisotopic (exact) mass is 470 g/mol. The number of fused-ring (bicyclic) bond motifs is 6. The van der Waals surface area contributed by atoms with Gasteiger partial charge in [0, 0.05) is 26.8 Å². The Morgan fingerprint density at radius 1 is 0.571 bits per heavy atom. The SMILES string of the molecule is CC1(C)c2ccccc2-c2ccc(-c3cccc(Cl)c3-c3ccc4c(c3)oc3ccccc34)cc21. The van der Waals surface area contributed by atoms with E-state index in [9.17, 15) is 0 Å². The summed E-state index contributed by atoms with van der Waals surface area (Å²) in [6.45, 7) is 4.63. The van der Waals surface area contributed by atoms with Crippen molar-refractivity contribution < 1.29 is 4.42 Å². The first-order valence-corrected chi connectivity index (χ1v) is 12.3. The predicted molar refractivity (Wildman–Crippen MR) is 147 cm³/mol. The van der Waals surface area contributed by atoms with Gasteiger partial charge in [-0.1, -0.05) is 98.2 Å². The summed E-state index contributed by atoms with van der Waals surface area (Å²) >= 11 is 6.86. The molecule has 0 saturated carbocycles. The van der Waals surface area contributed by atoms with Crippen molar-refractivity contribution in [1.29, 1.82) is 0 Å². The van der Waals surface area contributed by atoms with Crippen LogP contribution in [0.25, 0.3) is 55.3 Å². The molecule has 1 aromatic heterocycles. The molecule has 1 heterocycles. The summed E-state index contributed by atoms with van der Waals surface area (Å²) in [7, 11) is 0. The maximum absolute atomic E-state index is 6.86. The number of benzene rings is 5. The van der Waals surface area contributed by atoms with Gasteiger partial charge in [-0.25, -0.2) is 0 Å². The lowest BCUT2D eigenvalue weighted by Crippen LogP contribution is -2.14. The Morgan fingerprint density at radius 2 is 1.29 bits per heavy atom. The number of hydrogen-bond acceptors (Lipinski definition) is 1. The van der Waals surface area contributed by atoms with E-state index in [1.807, 2.05) is 30.3 Å². The summed E-state index contributed by atoms with van der Waals surface area (Å²) in [6, 6.07) is 36.4. The third-order valence-electron chi connectivity index (χ3n) is 7.58. The first-order valence-electron chi connectivity index (χ1n) is 12.0. The van der Waals surface area contributed by atoms with Gasteiger partial charge in [0.05, 0.1) is 0 Å². The Morgan fingerprint density at radius 3 is 2.20 bits per heavy atom. The van der Waals surface area contributed by atoms with Crippen molar-refractivity contribution in [2.75, 3.05) is 0 Å². The third kappa shape index (κ3) is 2.95. The van der Waals surface area contributed by atoms with Gasteiger partial charge in [-0.3, -0.25) is 0 Å². The zero-order chi connectivity index (χ0) is 23.7. The number of furan rings is 1. The van der Waals surface area contributed by atoms with Crippen molar-refractivity contribution in [3.05, 3.63) is 119 Å². The molecule has 35 heavy (non-hydrogen) atoms. The van der Waals surface area contributed by atoms with E-state index >= 15 is 0 Å². The van der Waals surface area contributed by atoms with Crippen molar-refractivity contribution in [1.82, 2.24) is 0 Å². The van der Waals surface area contributed by atoms with Gasteiger partial charge in [0.1, 0.15) is 11.2 Å². The summed E-state index contributed by atoms with van der Waals surface area (Å²) in [6.07, 6.45) is 0. The van der Waals surface area contributed by atoms with Crippen LogP contribution in [0.5, 0.6) is 0 Å². The molecule has 0 saturated heterocycles. The summed E-state index contributed by atoms with van der Waals surface area (Å²) in [5, 5.41) is 2.99. The van der Waals surface area contributed by atoms with Gasteiger partial charge in [0.15, 0.2) is 0 Å². The molecule has 0 fully saturated rings. The summed E-state index contributed by atoms with van der Waals surface area (Å²) < 4.78 is 6.18. The Hall–Kier alpha value is -3.81. The minimum Gasteiger partial charge on any atom is -0.456 e. The van der Waals surface area contributed by atoms with E-state index in [2.05, 4.69) is 86.6 Å². The fourth-order valence-electron chi connectivity index (χ4n) is 5.81. The van der Waals surface area contributed by atoms with Gasteiger partial charge in [0.2, 0.25) is 0 Å². The summed E-state index contributed by atoms with van der Waals surface area (Å²) in [5.41, 5.74) is 11.5. The summed E-state index contributed by atoms with van der Waals surface area (Å²) in [4.78, 5) is 0. The molecule has 0 radical (unpaired) electrons. The minimum atomic E-state index is -0.0478. The van der Waals surface area contributed by atoms with Crippen LogP contribution in [-0.4, -0.2) is 0 Å². The second kappa shape index (κ2) is 7.34. The molecule has 7 rings (SSSR count). The molecule has 0 aliphatic heterocycles. The van der Waals surface area contributed by atoms with Crippen molar-refractivity contribution >= 4 is 33.5 Å². The molecule has 0 amide bonds. The molecule has 0 spiro atoms. The minimum absolute atomic E-state index is 0.0478. The van der Waals surface area contributed by atoms with E-state index in [0.717, 1.165) is 43.7 Å².